The van der Waals surface area contributed by atoms with Crippen molar-refractivity contribution >= 4 is 17.2 Å². The number of benzene rings is 2. The zero-order valence-electron chi connectivity index (χ0n) is 23.1. The van der Waals surface area contributed by atoms with E-state index in [1.165, 1.54) is 6.07 Å². The second-order valence-electron chi connectivity index (χ2n) is 10.7. The van der Waals surface area contributed by atoms with Crippen molar-refractivity contribution in [2.24, 2.45) is 0 Å². The number of hydrogen-bond acceptors (Lipinski definition) is 4. The standard InChI is InChI=1S/C33H36FN3O3/c1-3-4-12-26(38)19-25-21-36(17-15-35-25)33(40)32-28(18-24-11-8-13-29(34)22(24)2)31(23-9-6-5-7-10-23)30-20-27(39)14-16-37(30)32/h5-11,13-14,16,20,25,35,39H,3-4,12,15,17-19,21H2,1-2H3/t25-/m0/s1. The number of unbranched alkanes of at least 4 members (excludes halogenated alkanes) is 1. The fourth-order valence-corrected chi connectivity index (χ4v) is 5.71. The summed E-state index contributed by atoms with van der Waals surface area (Å²) in [5, 5.41) is 13.9. The van der Waals surface area contributed by atoms with Gasteiger partial charge < -0.3 is 19.7 Å². The van der Waals surface area contributed by atoms with Crippen LogP contribution in [-0.4, -0.2) is 51.8 Å². The smallest absolute Gasteiger partial charge is 0.271 e. The molecule has 0 spiro atoms. The molecule has 1 aliphatic rings. The summed E-state index contributed by atoms with van der Waals surface area (Å²) in [6, 6.07) is 18.0. The monoisotopic (exact) mass is 541 g/mol. The first-order valence-electron chi connectivity index (χ1n) is 14.1. The Bertz CT molecular complexity index is 1530. The van der Waals surface area contributed by atoms with Crippen LogP contribution in [-0.2, 0) is 11.2 Å². The number of nitrogens with one attached hydrogen (secondary N) is 1. The Kier molecular flexibility index (Phi) is 8.31. The van der Waals surface area contributed by atoms with E-state index in [2.05, 4.69) is 12.2 Å². The zero-order valence-corrected chi connectivity index (χ0v) is 23.1. The molecule has 40 heavy (non-hydrogen) atoms. The molecule has 1 saturated heterocycles. The minimum Gasteiger partial charge on any atom is -0.508 e. The quantitative estimate of drug-likeness (QED) is 0.276. The minimum absolute atomic E-state index is 0.0974. The molecular formula is C33H36FN3O3. The number of Topliss-reactive ketones (excluding diaryl/α,β-unsaturated/α-hetero) is 1. The van der Waals surface area contributed by atoms with Crippen LogP contribution in [0.2, 0.25) is 0 Å². The minimum atomic E-state index is -0.286. The third-order valence-electron chi connectivity index (χ3n) is 7.86. The predicted octanol–water partition coefficient (Wildman–Crippen LogP) is 5.91. The van der Waals surface area contributed by atoms with Crippen LogP contribution in [0, 0.1) is 12.7 Å². The molecule has 5 rings (SSSR count). The normalized spacial score (nSPS) is 15.5. The first-order valence-corrected chi connectivity index (χ1v) is 14.1. The maximum atomic E-state index is 14.6. The van der Waals surface area contributed by atoms with E-state index in [1.54, 1.807) is 31.3 Å². The number of rotatable bonds is 9. The molecule has 3 heterocycles. The fraction of sp³-hybridized carbons (Fsp3) is 0.333. The van der Waals surface area contributed by atoms with E-state index < -0.39 is 0 Å². The van der Waals surface area contributed by atoms with Crippen molar-refractivity contribution in [2.75, 3.05) is 19.6 Å². The van der Waals surface area contributed by atoms with Crippen LogP contribution in [0.25, 0.3) is 16.6 Å². The summed E-state index contributed by atoms with van der Waals surface area (Å²) in [4.78, 5) is 28.7. The number of fused-ring (bicyclic) bond motifs is 1. The molecule has 7 heteroatoms. The third-order valence-corrected chi connectivity index (χ3v) is 7.86. The first kappa shape index (κ1) is 27.6. The zero-order chi connectivity index (χ0) is 28.2. The largest absolute Gasteiger partial charge is 0.508 e. The second kappa shape index (κ2) is 12.0. The summed E-state index contributed by atoms with van der Waals surface area (Å²) >= 11 is 0. The molecule has 1 atom stereocenters. The molecule has 2 aromatic heterocycles. The predicted molar refractivity (Wildman–Crippen MR) is 155 cm³/mol. The lowest BCUT2D eigenvalue weighted by molar-refractivity contribution is -0.119. The lowest BCUT2D eigenvalue weighted by Gasteiger charge is -2.33. The number of piperazine rings is 1. The molecule has 0 saturated carbocycles. The van der Waals surface area contributed by atoms with Gasteiger partial charge in [0.25, 0.3) is 5.91 Å². The number of amides is 1. The van der Waals surface area contributed by atoms with Crippen molar-refractivity contribution in [1.82, 2.24) is 14.6 Å². The van der Waals surface area contributed by atoms with Crippen LogP contribution in [0.4, 0.5) is 4.39 Å². The molecule has 1 fully saturated rings. The van der Waals surface area contributed by atoms with E-state index in [0.717, 1.165) is 35.1 Å². The number of hydrogen-bond donors (Lipinski definition) is 2. The second-order valence-corrected chi connectivity index (χ2v) is 10.7. The molecule has 6 nitrogen and oxygen atoms in total. The van der Waals surface area contributed by atoms with Gasteiger partial charge in [0.15, 0.2) is 0 Å². The van der Waals surface area contributed by atoms with Gasteiger partial charge in [-0.15, -0.1) is 0 Å². The summed E-state index contributed by atoms with van der Waals surface area (Å²) in [6.07, 6.45) is 4.89. The number of ketones is 1. The molecule has 1 amide bonds. The number of carbonyl (C=O) groups excluding carboxylic acids is 2. The Hall–Kier alpha value is -3.97. The number of halogens is 1. The van der Waals surface area contributed by atoms with Gasteiger partial charge in [-0.1, -0.05) is 55.8 Å². The van der Waals surface area contributed by atoms with Gasteiger partial charge in [0.1, 0.15) is 23.0 Å². The Morgan fingerprint density at radius 2 is 1.90 bits per heavy atom. The summed E-state index contributed by atoms with van der Waals surface area (Å²) in [5.74, 6) is -0.112. The van der Waals surface area contributed by atoms with Crippen LogP contribution in [0.5, 0.6) is 5.75 Å². The maximum Gasteiger partial charge on any atom is 0.271 e. The average molecular weight is 542 g/mol. The number of nitrogens with zero attached hydrogens (tertiary/aromatic N) is 2. The van der Waals surface area contributed by atoms with Gasteiger partial charge in [0.2, 0.25) is 0 Å². The molecule has 2 N–H and O–H groups in total. The Morgan fingerprint density at radius 1 is 1.10 bits per heavy atom. The van der Waals surface area contributed by atoms with Gasteiger partial charge in [-0.3, -0.25) is 9.59 Å². The van der Waals surface area contributed by atoms with Crippen molar-refractivity contribution in [2.45, 2.75) is 52.0 Å². The Balaban J connectivity index is 1.61. The summed E-state index contributed by atoms with van der Waals surface area (Å²) in [6.45, 7) is 5.38. The van der Waals surface area contributed by atoms with Crippen molar-refractivity contribution in [3.8, 4) is 16.9 Å². The summed E-state index contributed by atoms with van der Waals surface area (Å²) in [5.41, 5.74) is 5.08. The lowest BCUT2D eigenvalue weighted by atomic mass is 9.93. The topological polar surface area (TPSA) is 74.0 Å². The van der Waals surface area contributed by atoms with E-state index in [9.17, 15) is 19.1 Å². The highest BCUT2D eigenvalue weighted by molar-refractivity contribution is 6.01. The fourth-order valence-electron chi connectivity index (χ4n) is 5.71. The molecule has 1 aliphatic heterocycles. The van der Waals surface area contributed by atoms with Gasteiger partial charge in [0, 0.05) is 62.8 Å². The highest BCUT2D eigenvalue weighted by atomic mass is 19.1. The van der Waals surface area contributed by atoms with Crippen LogP contribution in [0.15, 0.2) is 66.9 Å². The molecule has 0 bridgehead atoms. The van der Waals surface area contributed by atoms with Crippen LogP contribution >= 0.6 is 0 Å². The highest BCUT2D eigenvalue weighted by Crippen LogP contribution is 2.37. The molecule has 208 valence electrons. The third kappa shape index (κ3) is 5.65. The van der Waals surface area contributed by atoms with E-state index in [4.69, 9.17) is 0 Å². The van der Waals surface area contributed by atoms with E-state index >= 15 is 0 Å². The number of aromatic nitrogens is 1. The first-order chi connectivity index (χ1) is 19.4. The van der Waals surface area contributed by atoms with Gasteiger partial charge in [-0.25, -0.2) is 4.39 Å². The van der Waals surface area contributed by atoms with Crippen molar-refractivity contribution in [1.29, 1.82) is 0 Å². The molecule has 0 aliphatic carbocycles. The molecular weight excluding hydrogens is 505 g/mol. The van der Waals surface area contributed by atoms with Crippen LogP contribution in [0.3, 0.4) is 0 Å². The number of pyridine rings is 1. The molecule has 0 radical (unpaired) electrons. The summed E-state index contributed by atoms with van der Waals surface area (Å²) < 4.78 is 16.4. The number of carbonyl (C=O) groups is 2. The molecule has 0 unspecified atom stereocenters. The van der Waals surface area contributed by atoms with Gasteiger partial charge in [0.05, 0.1) is 5.52 Å². The van der Waals surface area contributed by atoms with Gasteiger partial charge in [-0.05, 0) is 47.7 Å². The van der Waals surface area contributed by atoms with Crippen molar-refractivity contribution < 1.29 is 19.1 Å². The van der Waals surface area contributed by atoms with E-state index in [1.807, 2.05) is 45.7 Å². The van der Waals surface area contributed by atoms with Crippen LogP contribution in [0.1, 0.15) is 59.8 Å². The SMILES string of the molecule is CCCCC(=O)C[C@H]1CN(C(=O)c2c(Cc3cccc(F)c3C)c(-c3ccccc3)c3cc(O)ccn23)CCN1. The van der Waals surface area contributed by atoms with E-state index in [-0.39, 0.29) is 29.3 Å². The van der Waals surface area contributed by atoms with E-state index in [0.29, 0.717) is 55.7 Å². The lowest BCUT2D eigenvalue weighted by Crippen LogP contribution is -2.53. The van der Waals surface area contributed by atoms with Crippen molar-refractivity contribution in [3.63, 3.8) is 0 Å². The Labute approximate surface area is 234 Å². The molecule has 4 aromatic rings. The van der Waals surface area contributed by atoms with Gasteiger partial charge in [-0.2, -0.15) is 0 Å². The average Bonchev–Trinajstić information content (AvgIpc) is 3.27. The summed E-state index contributed by atoms with van der Waals surface area (Å²) in [7, 11) is 0. The maximum absolute atomic E-state index is 14.6. The Morgan fingerprint density at radius 3 is 2.67 bits per heavy atom. The van der Waals surface area contributed by atoms with Crippen LogP contribution < -0.4 is 5.32 Å². The highest BCUT2D eigenvalue weighted by Gasteiger charge is 2.31. The van der Waals surface area contributed by atoms with Gasteiger partial charge >= 0.3 is 0 Å². The molecule has 2 aromatic carbocycles. The van der Waals surface area contributed by atoms with Crippen molar-refractivity contribution in [3.05, 3.63) is 95.1 Å². The number of aromatic hydroxyl groups is 1.